The maximum Gasteiger partial charge on any atom is 0.271 e. The second kappa shape index (κ2) is 8.20. The highest BCUT2D eigenvalue weighted by molar-refractivity contribution is 7.22. The molecule has 1 atom stereocenters. The van der Waals surface area contributed by atoms with Crippen LogP contribution in [0.15, 0.2) is 71.8 Å². The van der Waals surface area contributed by atoms with E-state index >= 15 is 0 Å². The van der Waals surface area contributed by atoms with Crippen LogP contribution in [0.5, 0.6) is 0 Å². The molecular weight excluding hydrogens is 401 g/mol. The number of halogens is 1. The standard InChI is InChI=1S/C23H20FN3O2S/c1-15(16-8-10-18(24)11-9-16)26(2)21(28)13-27-14-25-19-12-20(30-22(19)23(27)29)17-6-4-3-5-7-17/h3-12,14-15H,13H2,1-2H3/t15-/m1/s1. The van der Waals surface area contributed by atoms with Crippen LogP contribution in [-0.4, -0.2) is 27.4 Å². The van der Waals surface area contributed by atoms with Crippen molar-refractivity contribution in [2.24, 2.45) is 0 Å². The highest BCUT2D eigenvalue weighted by Crippen LogP contribution is 2.30. The van der Waals surface area contributed by atoms with E-state index in [1.54, 1.807) is 24.1 Å². The lowest BCUT2D eigenvalue weighted by atomic mass is 10.1. The molecule has 2 aromatic heterocycles. The van der Waals surface area contributed by atoms with E-state index in [0.717, 1.165) is 16.0 Å². The summed E-state index contributed by atoms with van der Waals surface area (Å²) in [6.45, 7) is 1.75. The van der Waals surface area contributed by atoms with Crippen molar-refractivity contribution in [1.29, 1.82) is 0 Å². The number of hydrogen-bond donors (Lipinski definition) is 0. The summed E-state index contributed by atoms with van der Waals surface area (Å²) in [5, 5.41) is 0. The number of amides is 1. The van der Waals surface area contributed by atoms with E-state index in [-0.39, 0.29) is 29.9 Å². The largest absolute Gasteiger partial charge is 0.337 e. The highest BCUT2D eigenvalue weighted by Gasteiger charge is 2.19. The van der Waals surface area contributed by atoms with Crippen LogP contribution in [0, 0.1) is 5.82 Å². The summed E-state index contributed by atoms with van der Waals surface area (Å²) in [5.41, 5.74) is 2.23. The van der Waals surface area contributed by atoms with E-state index in [4.69, 9.17) is 0 Å². The zero-order chi connectivity index (χ0) is 21.3. The number of aromatic nitrogens is 2. The van der Waals surface area contributed by atoms with E-state index in [9.17, 15) is 14.0 Å². The van der Waals surface area contributed by atoms with Crippen LogP contribution in [0.3, 0.4) is 0 Å². The van der Waals surface area contributed by atoms with Crippen LogP contribution in [0.4, 0.5) is 4.39 Å². The van der Waals surface area contributed by atoms with Gasteiger partial charge in [0, 0.05) is 11.9 Å². The van der Waals surface area contributed by atoms with Crippen LogP contribution in [0.1, 0.15) is 18.5 Å². The number of benzene rings is 2. The number of nitrogens with zero attached hydrogens (tertiary/aromatic N) is 3. The zero-order valence-corrected chi connectivity index (χ0v) is 17.4. The molecule has 0 aliphatic rings. The van der Waals surface area contributed by atoms with Gasteiger partial charge in [0.15, 0.2) is 0 Å². The smallest absolute Gasteiger partial charge is 0.271 e. The van der Waals surface area contributed by atoms with Crippen molar-refractivity contribution in [3.8, 4) is 10.4 Å². The lowest BCUT2D eigenvalue weighted by Crippen LogP contribution is -2.35. The first kappa shape index (κ1) is 20.0. The quantitative estimate of drug-likeness (QED) is 0.477. The summed E-state index contributed by atoms with van der Waals surface area (Å²) in [4.78, 5) is 32.6. The molecular formula is C23H20FN3O2S. The van der Waals surface area contributed by atoms with Crippen molar-refractivity contribution in [3.63, 3.8) is 0 Å². The Morgan fingerprint density at radius 1 is 1.17 bits per heavy atom. The summed E-state index contributed by atoms with van der Waals surface area (Å²) in [7, 11) is 1.67. The minimum Gasteiger partial charge on any atom is -0.337 e. The van der Waals surface area contributed by atoms with Gasteiger partial charge in [-0.2, -0.15) is 0 Å². The van der Waals surface area contributed by atoms with Crippen LogP contribution in [0.25, 0.3) is 20.7 Å². The fourth-order valence-electron chi connectivity index (χ4n) is 3.24. The Morgan fingerprint density at radius 2 is 1.87 bits per heavy atom. The first-order valence-corrected chi connectivity index (χ1v) is 10.3. The van der Waals surface area contributed by atoms with Gasteiger partial charge in [0.05, 0.1) is 17.9 Å². The number of likely N-dealkylation sites (N-methyl/N-ethyl adjacent to an activating group) is 1. The van der Waals surface area contributed by atoms with E-state index in [0.29, 0.717) is 10.2 Å². The monoisotopic (exact) mass is 421 g/mol. The molecule has 1 amide bonds. The van der Waals surface area contributed by atoms with Gasteiger partial charge in [-0.25, -0.2) is 9.37 Å². The van der Waals surface area contributed by atoms with E-state index in [1.165, 1.54) is 34.4 Å². The molecule has 152 valence electrons. The van der Waals surface area contributed by atoms with Gasteiger partial charge in [0.25, 0.3) is 5.56 Å². The molecule has 2 heterocycles. The second-order valence-corrected chi connectivity index (χ2v) is 8.15. The average molecular weight is 421 g/mol. The normalized spacial score (nSPS) is 12.1. The Labute approximate surface area is 177 Å². The SMILES string of the molecule is C[C@H](c1ccc(F)cc1)N(C)C(=O)Cn1cnc2cc(-c3ccccc3)sc2c1=O. The Balaban J connectivity index is 1.57. The first-order valence-electron chi connectivity index (χ1n) is 9.49. The van der Waals surface area contributed by atoms with Gasteiger partial charge in [-0.3, -0.25) is 14.2 Å². The molecule has 0 bridgehead atoms. The third-order valence-electron chi connectivity index (χ3n) is 5.19. The Morgan fingerprint density at radius 3 is 2.57 bits per heavy atom. The first-order chi connectivity index (χ1) is 14.4. The van der Waals surface area contributed by atoms with Crippen molar-refractivity contribution in [1.82, 2.24) is 14.5 Å². The van der Waals surface area contributed by atoms with Crippen molar-refractivity contribution >= 4 is 27.5 Å². The summed E-state index contributed by atoms with van der Waals surface area (Å²) >= 11 is 1.37. The molecule has 0 spiro atoms. The molecule has 2 aromatic carbocycles. The van der Waals surface area contributed by atoms with E-state index in [1.807, 2.05) is 43.3 Å². The minimum absolute atomic E-state index is 0.109. The van der Waals surface area contributed by atoms with Gasteiger partial charge in [-0.05, 0) is 36.2 Å². The zero-order valence-electron chi connectivity index (χ0n) is 16.6. The summed E-state index contributed by atoms with van der Waals surface area (Å²) < 4.78 is 15.0. The lowest BCUT2D eigenvalue weighted by molar-refractivity contribution is -0.132. The minimum atomic E-state index is -0.323. The molecule has 0 saturated heterocycles. The fourth-order valence-corrected chi connectivity index (χ4v) is 4.31. The van der Waals surface area contributed by atoms with Gasteiger partial charge in [-0.1, -0.05) is 42.5 Å². The van der Waals surface area contributed by atoms with Crippen LogP contribution in [0.2, 0.25) is 0 Å². The maximum absolute atomic E-state index is 13.2. The molecule has 4 aromatic rings. The number of hydrogen-bond acceptors (Lipinski definition) is 4. The van der Waals surface area contributed by atoms with Crippen LogP contribution < -0.4 is 5.56 Å². The fraction of sp³-hybridized carbons (Fsp3) is 0.174. The van der Waals surface area contributed by atoms with Gasteiger partial charge in [0.2, 0.25) is 5.91 Å². The molecule has 0 saturated carbocycles. The van der Waals surface area contributed by atoms with Gasteiger partial charge < -0.3 is 4.90 Å². The second-order valence-electron chi connectivity index (χ2n) is 7.10. The van der Waals surface area contributed by atoms with Crippen LogP contribution >= 0.6 is 11.3 Å². The predicted octanol–water partition coefficient (Wildman–Crippen LogP) is 4.48. The Bertz CT molecular complexity index is 1250. The van der Waals surface area contributed by atoms with Crippen LogP contribution in [-0.2, 0) is 11.3 Å². The summed E-state index contributed by atoms with van der Waals surface area (Å²) in [6, 6.07) is 17.5. The number of fused-ring (bicyclic) bond motifs is 1. The number of thiophene rings is 1. The summed E-state index contributed by atoms with van der Waals surface area (Å²) in [5.74, 6) is -0.549. The molecule has 0 radical (unpaired) electrons. The third-order valence-corrected chi connectivity index (χ3v) is 6.36. The molecule has 0 aliphatic carbocycles. The number of carbonyl (C=O) groups excluding carboxylic acids is 1. The number of carbonyl (C=O) groups is 1. The highest BCUT2D eigenvalue weighted by atomic mass is 32.1. The molecule has 0 unspecified atom stereocenters. The average Bonchev–Trinajstić information content (AvgIpc) is 3.21. The molecule has 7 heteroatoms. The molecule has 5 nitrogen and oxygen atoms in total. The molecule has 4 rings (SSSR count). The van der Waals surface area contributed by atoms with Gasteiger partial charge in [0.1, 0.15) is 17.1 Å². The Hall–Kier alpha value is -3.32. The number of rotatable bonds is 5. The van der Waals surface area contributed by atoms with Crippen molar-refractivity contribution in [2.75, 3.05) is 7.05 Å². The van der Waals surface area contributed by atoms with E-state index < -0.39 is 0 Å². The maximum atomic E-state index is 13.2. The van der Waals surface area contributed by atoms with Gasteiger partial charge >= 0.3 is 0 Å². The molecule has 30 heavy (non-hydrogen) atoms. The summed E-state index contributed by atoms with van der Waals surface area (Å²) in [6.07, 6.45) is 1.42. The van der Waals surface area contributed by atoms with Crippen molar-refractivity contribution in [2.45, 2.75) is 19.5 Å². The van der Waals surface area contributed by atoms with Crippen molar-refractivity contribution < 1.29 is 9.18 Å². The van der Waals surface area contributed by atoms with E-state index in [2.05, 4.69) is 4.98 Å². The predicted molar refractivity (Wildman–Crippen MR) is 117 cm³/mol. The molecule has 0 fully saturated rings. The van der Waals surface area contributed by atoms with Gasteiger partial charge in [-0.15, -0.1) is 11.3 Å². The topological polar surface area (TPSA) is 55.2 Å². The Kier molecular flexibility index (Phi) is 5.46. The molecule has 0 aliphatic heterocycles. The molecule has 0 N–H and O–H groups in total. The lowest BCUT2D eigenvalue weighted by Gasteiger charge is -2.25. The third kappa shape index (κ3) is 3.89. The van der Waals surface area contributed by atoms with Crippen molar-refractivity contribution in [3.05, 3.63) is 88.7 Å².